The normalized spacial score (nSPS) is 11.9. The number of hydrogen-bond donors (Lipinski definition) is 2. The number of nitrogens with one attached hydrogen (secondary N) is 2. The smallest absolute Gasteiger partial charge is 0.348 e. The molecule has 6 heteroatoms. The second-order valence-electron chi connectivity index (χ2n) is 5.27. The number of aromatic amines is 1. The van der Waals surface area contributed by atoms with Crippen molar-refractivity contribution in [1.82, 2.24) is 19.6 Å². The first-order valence-corrected chi connectivity index (χ1v) is 5.62. The quantitative estimate of drug-likeness (QED) is 0.840. The van der Waals surface area contributed by atoms with E-state index in [9.17, 15) is 4.79 Å². The lowest BCUT2D eigenvalue weighted by molar-refractivity contribution is 0.389. The van der Waals surface area contributed by atoms with Crippen LogP contribution in [0.3, 0.4) is 0 Å². The number of hydrogen-bond acceptors (Lipinski definition) is 4. The van der Waals surface area contributed by atoms with Gasteiger partial charge in [0, 0.05) is 12.6 Å². The molecule has 0 aromatic carbocycles. The molecule has 0 amide bonds. The molecule has 0 bridgehead atoms. The number of anilines is 1. The van der Waals surface area contributed by atoms with Crippen LogP contribution in [0, 0.1) is 5.41 Å². The highest BCUT2D eigenvalue weighted by Gasteiger charge is 2.09. The van der Waals surface area contributed by atoms with Crippen LogP contribution in [0.4, 0.5) is 5.82 Å². The van der Waals surface area contributed by atoms with Crippen LogP contribution in [-0.4, -0.2) is 26.1 Å². The van der Waals surface area contributed by atoms with Crippen LogP contribution in [0.15, 0.2) is 17.2 Å². The fourth-order valence-electron chi connectivity index (χ4n) is 1.47. The van der Waals surface area contributed by atoms with Crippen molar-refractivity contribution in [3.05, 3.63) is 22.9 Å². The minimum atomic E-state index is -0.270. The number of rotatable bonds is 3. The largest absolute Gasteiger partial charge is 0.370 e. The van der Waals surface area contributed by atoms with Crippen LogP contribution in [0.2, 0.25) is 0 Å². The molecule has 2 N–H and O–H groups in total. The summed E-state index contributed by atoms with van der Waals surface area (Å²) in [5.74, 6) is 0.737. The molecule has 0 saturated carbocycles. The predicted octanol–water partition coefficient (Wildman–Crippen LogP) is 1.27. The monoisotopic (exact) mass is 235 g/mol. The second kappa shape index (κ2) is 4.20. The summed E-state index contributed by atoms with van der Waals surface area (Å²) >= 11 is 0. The lowest BCUT2D eigenvalue weighted by Crippen LogP contribution is -2.14. The highest BCUT2D eigenvalue weighted by Crippen LogP contribution is 2.18. The van der Waals surface area contributed by atoms with E-state index in [-0.39, 0.29) is 5.69 Å². The van der Waals surface area contributed by atoms with Crippen molar-refractivity contribution in [2.75, 3.05) is 11.9 Å². The summed E-state index contributed by atoms with van der Waals surface area (Å²) in [4.78, 5) is 15.4. The lowest BCUT2D eigenvalue weighted by Gasteiger charge is -2.18. The van der Waals surface area contributed by atoms with E-state index in [1.54, 1.807) is 6.07 Å². The molecule has 0 fully saturated rings. The molecule has 0 unspecified atom stereocenters. The van der Waals surface area contributed by atoms with Crippen molar-refractivity contribution in [3.63, 3.8) is 0 Å². The predicted molar refractivity (Wildman–Crippen MR) is 66.2 cm³/mol. The molecule has 17 heavy (non-hydrogen) atoms. The van der Waals surface area contributed by atoms with Gasteiger partial charge in [0.2, 0.25) is 0 Å². The molecule has 0 atom stereocenters. The van der Waals surface area contributed by atoms with Gasteiger partial charge in [-0.15, -0.1) is 0 Å². The zero-order chi connectivity index (χ0) is 12.5. The van der Waals surface area contributed by atoms with Gasteiger partial charge in [-0.3, -0.25) is 0 Å². The fourth-order valence-corrected chi connectivity index (χ4v) is 1.47. The van der Waals surface area contributed by atoms with Crippen LogP contribution in [0.25, 0.3) is 5.65 Å². The third kappa shape index (κ3) is 2.83. The minimum Gasteiger partial charge on any atom is -0.370 e. The summed E-state index contributed by atoms with van der Waals surface area (Å²) in [6.45, 7) is 7.43. The van der Waals surface area contributed by atoms with Gasteiger partial charge in [-0.1, -0.05) is 20.8 Å². The number of fused-ring (bicyclic) bond motifs is 1. The molecule has 0 spiro atoms. The van der Waals surface area contributed by atoms with E-state index in [4.69, 9.17) is 0 Å². The first-order chi connectivity index (χ1) is 7.96. The van der Waals surface area contributed by atoms with E-state index in [1.165, 1.54) is 10.7 Å². The summed E-state index contributed by atoms with van der Waals surface area (Å²) in [6, 6.07) is 1.75. The van der Waals surface area contributed by atoms with E-state index in [0.717, 1.165) is 18.8 Å². The second-order valence-corrected chi connectivity index (χ2v) is 5.27. The molecule has 2 aromatic rings. The summed E-state index contributed by atoms with van der Waals surface area (Å²) in [5.41, 5.74) is 0.595. The van der Waals surface area contributed by atoms with Crippen LogP contribution in [0.1, 0.15) is 27.2 Å². The molecular formula is C11H17N5O. The topological polar surface area (TPSA) is 75.1 Å². The summed E-state index contributed by atoms with van der Waals surface area (Å²) < 4.78 is 1.37. The van der Waals surface area contributed by atoms with Gasteiger partial charge in [0.1, 0.15) is 12.1 Å². The van der Waals surface area contributed by atoms with Crippen LogP contribution < -0.4 is 11.0 Å². The van der Waals surface area contributed by atoms with Gasteiger partial charge < -0.3 is 5.32 Å². The maximum Gasteiger partial charge on any atom is 0.348 e. The minimum absolute atomic E-state index is 0.270. The van der Waals surface area contributed by atoms with E-state index in [0.29, 0.717) is 11.1 Å². The Balaban J connectivity index is 2.07. The highest BCUT2D eigenvalue weighted by atomic mass is 16.1. The number of nitrogens with zero attached hydrogens (tertiary/aromatic N) is 3. The molecule has 2 aromatic heterocycles. The first-order valence-electron chi connectivity index (χ1n) is 5.62. The Hall–Kier alpha value is -1.85. The van der Waals surface area contributed by atoms with Crippen molar-refractivity contribution < 1.29 is 0 Å². The van der Waals surface area contributed by atoms with E-state index in [2.05, 4.69) is 41.3 Å². The maximum absolute atomic E-state index is 11.2. The Morgan fingerprint density at radius 2 is 2.24 bits per heavy atom. The Morgan fingerprint density at radius 1 is 1.47 bits per heavy atom. The van der Waals surface area contributed by atoms with Crippen LogP contribution in [0.5, 0.6) is 0 Å². The maximum atomic E-state index is 11.2. The summed E-state index contributed by atoms with van der Waals surface area (Å²) in [7, 11) is 0. The molecule has 6 nitrogen and oxygen atoms in total. The lowest BCUT2D eigenvalue weighted by atomic mass is 9.92. The summed E-state index contributed by atoms with van der Waals surface area (Å²) in [5, 5.41) is 9.48. The molecule has 0 radical (unpaired) electrons. The number of aromatic nitrogens is 4. The Morgan fingerprint density at radius 3 is 2.94 bits per heavy atom. The molecular weight excluding hydrogens is 218 g/mol. The fraction of sp³-hybridized carbons (Fsp3) is 0.545. The third-order valence-corrected chi connectivity index (χ3v) is 2.49. The average Bonchev–Trinajstić information content (AvgIpc) is 2.58. The molecule has 92 valence electrons. The zero-order valence-corrected chi connectivity index (χ0v) is 10.3. The SMILES string of the molecule is CC(C)(C)CCNc1cc2n[nH]c(=O)n2cn1. The molecule has 0 aliphatic carbocycles. The molecule has 2 heterocycles. The molecule has 0 aliphatic rings. The molecule has 2 rings (SSSR count). The zero-order valence-electron chi connectivity index (χ0n) is 10.3. The molecule has 0 saturated heterocycles. The molecule has 0 aliphatic heterocycles. The van der Waals surface area contributed by atoms with E-state index >= 15 is 0 Å². The van der Waals surface area contributed by atoms with E-state index in [1.807, 2.05) is 0 Å². The van der Waals surface area contributed by atoms with Gasteiger partial charge in [-0.05, 0) is 11.8 Å². The van der Waals surface area contributed by atoms with Gasteiger partial charge >= 0.3 is 5.69 Å². The van der Waals surface area contributed by atoms with Crippen molar-refractivity contribution in [2.24, 2.45) is 5.41 Å². The van der Waals surface area contributed by atoms with Gasteiger partial charge in [0.25, 0.3) is 0 Å². The van der Waals surface area contributed by atoms with Crippen molar-refractivity contribution >= 4 is 11.5 Å². The van der Waals surface area contributed by atoms with E-state index < -0.39 is 0 Å². The van der Waals surface area contributed by atoms with Crippen molar-refractivity contribution in [1.29, 1.82) is 0 Å². The van der Waals surface area contributed by atoms with Gasteiger partial charge in [-0.25, -0.2) is 19.3 Å². The Labute approximate surface area is 99.1 Å². The first kappa shape index (κ1) is 11.6. The van der Waals surface area contributed by atoms with Crippen molar-refractivity contribution in [3.8, 4) is 0 Å². The third-order valence-electron chi connectivity index (χ3n) is 2.49. The van der Waals surface area contributed by atoms with Crippen molar-refractivity contribution in [2.45, 2.75) is 27.2 Å². The van der Waals surface area contributed by atoms with Gasteiger partial charge in [0.05, 0.1) is 0 Å². The van der Waals surface area contributed by atoms with Crippen LogP contribution >= 0.6 is 0 Å². The Bertz CT molecular complexity index is 563. The Kier molecular flexibility index (Phi) is 2.87. The average molecular weight is 235 g/mol. The van der Waals surface area contributed by atoms with Gasteiger partial charge in [0.15, 0.2) is 5.65 Å². The standard InChI is InChI=1S/C11H17N5O/c1-11(2,3)4-5-12-8-6-9-14-15-10(17)16(9)7-13-8/h6-7,12H,4-5H2,1-3H3,(H,15,17). The van der Waals surface area contributed by atoms with Gasteiger partial charge in [-0.2, -0.15) is 5.10 Å². The van der Waals surface area contributed by atoms with Crippen LogP contribution in [-0.2, 0) is 0 Å². The highest BCUT2D eigenvalue weighted by molar-refractivity contribution is 5.48. The summed E-state index contributed by atoms with van der Waals surface area (Å²) in [6.07, 6.45) is 2.52. The number of H-pyrrole nitrogens is 1.